The predicted molar refractivity (Wildman–Crippen MR) is 137 cm³/mol. The molecule has 0 bridgehead atoms. The van der Waals surface area contributed by atoms with Crippen molar-refractivity contribution in [3.8, 4) is 0 Å². The summed E-state index contributed by atoms with van der Waals surface area (Å²) in [5.74, 6) is -0.405. The van der Waals surface area contributed by atoms with Crippen LogP contribution in [0.15, 0.2) is 36.4 Å². The van der Waals surface area contributed by atoms with Crippen LogP contribution < -0.4 is 21.3 Å². The molecule has 1 aliphatic heterocycles. The first-order valence-corrected chi connectivity index (χ1v) is 12.4. The Labute approximate surface area is 203 Å². The summed E-state index contributed by atoms with van der Waals surface area (Å²) in [4.78, 5) is 32.7. The van der Waals surface area contributed by atoms with Crippen molar-refractivity contribution in [1.29, 1.82) is 0 Å². The SMILES string of the molecule is CCCc1ccc2c(N)c(C(=O)NCCc3ccc(N4CCNC(C(=O)OC)C4)cc3)sc2n1. The van der Waals surface area contributed by atoms with Gasteiger partial charge in [0.1, 0.15) is 15.7 Å². The molecule has 1 fully saturated rings. The number of nitrogens with two attached hydrogens (primary N) is 1. The second-order valence-electron chi connectivity index (χ2n) is 8.40. The number of nitrogens with one attached hydrogen (secondary N) is 2. The van der Waals surface area contributed by atoms with Gasteiger partial charge in [-0.25, -0.2) is 4.98 Å². The third-order valence-electron chi connectivity index (χ3n) is 6.03. The number of nitrogens with zero attached hydrogens (tertiary/aromatic N) is 2. The van der Waals surface area contributed by atoms with Gasteiger partial charge in [0.25, 0.3) is 5.91 Å². The first-order chi connectivity index (χ1) is 16.5. The number of ether oxygens (including phenoxy) is 1. The molecule has 180 valence electrons. The van der Waals surface area contributed by atoms with Crippen molar-refractivity contribution in [2.75, 3.05) is 43.9 Å². The number of esters is 1. The minimum Gasteiger partial charge on any atom is -0.468 e. The lowest BCUT2D eigenvalue weighted by Crippen LogP contribution is -2.54. The average Bonchev–Trinajstić information content (AvgIpc) is 3.20. The molecular weight excluding hydrogens is 450 g/mol. The Morgan fingerprint density at radius 1 is 1.24 bits per heavy atom. The maximum atomic E-state index is 12.7. The van der Waals surface area contributed by atoms with Gasteiger partial charge in [0.15, 0.2) is 0 Å². The summed E-state index contributed by atoms with van der Waals surface area (Å²) in [5.41, 5.74) is 9.95. The van der Waals surface area contributed by atoms with Gasteiger partial charge < -0.3 is 26.0 Å². The van der Waals surface area contributed by atoms with Crippen LogP contribution in [-0.4, -0.2) is 56.2 Å². The number of carbonyl (C=O) groups is 2. The highest BCUT2D eigenvalue weighted by Crippen LogP contribution is 2.32. The van der Waals surface area contributed by atoms with Gasteiger partial charge in [-0.2, -0.15) is 0 Å². The third-order valence-corrected chi connectivity index (χ3v) is 7.14. The van der Waals surface area contributed by atoms with Gasteiger partial charge in [0.05, 0.1) is 12.8 Å². The Morgan fingerprint density at radius 2 is 2.03 bits per heavy atom. The van der Waals surface area contributed by atoms with Crippen LogP contribution in [0.5, 0.6) is 0 Å². The molecule has 0 saturated carbocycles. The summed E-state index contributed by atoms with van der Waals surface area (Å²) in [6, 6.07) is 11.9. The summed E-state index contributed by atoms with van der Waals surface area (Å²) in [6.07, 6.45) is 2.65. The zero-order valence-electron chi connectivity index (χ0n) is 19.6. The Morgan fingerprint density at radius 3 is 2.76 bits per heavy atom. The van der Waals surface area contributed by atoms with E-state index in [4.69, 9.17) is 10.5 Å². The molecule has 4 rings (SSSR count). The molecule has 34 heavy (non-hydrogen) atoms. The zero-order valence-corrected chi connectivity index (χ0v) is 20.4. The molecule has 1 aromatic carbocycles. The van der Waals surface area contributed by atoms with E-state index in [2.05, 4.69) is 51.7 Å². The molecule has 1 amide bonds. The van der Waals surface area contributed by atoms with E-state index in [9.17, 15) is 9.59 Å². The molecule has 9 heteroatoms. The number of nitrogen functional groups attached to an aromatic ring is 1. The monoisotopic (exact) mass is 481 g/mol. The smallest absolute Gasteiger partial charge is 0.324 e. The van der Waals surface area contributed by atoms with E-state index >= 15 is 0 Å². The van der Waals surface area contributed by atoms with E-state index in [-0.39, 0.29) is 17.9 Å². The van der Waals surface area contributed by atoms with Crippen LogP contribution in [0.3, 0.4) is 0 Å². The highest BCUT2D eigenvalue weighted by molar-refractivity contribution is 7.21. The van der Waals surface area contributed by atoms with Crippen molar-refractivity contribution in [3.05, 3.63) is 52.5 Å². The van der Waals surface area contributed by atoms with Crippen LogP contribution in [-0.2, 0) is 22.4 Å². The Hall–Kier alpha value is -3.17. The van der Waals surface area contributed by atoms with Crippen LogP contribution >= 0.6 is 11.3 Å². The largest absolute Gasteiger partial charge is 0.468 e. The molecule has 0 aliphatic carbocycles. The van der Waals surface area contributed by atoms with Crippen molar-refractivity contribution >= 4 is 44.8 Å². The number of piperazine rings is 1. The van der Waals surface area contributed by atoms with E-state index in [0.717, 1.165) is 53.1 Å². The lowest BCUT2D eigenvalue weighted by molar-refractivity contribution is -0.143. The van der Waals surface area contributed by atoms with E-state index < -0.39 is 0 Å². The van der Waals surface area contributed by atoms with Crippen LogP contribution in [0.1, 0.15) is 34.3 Å². The van der Waals surface area contributed by atoms with E-state index in [1.165, 1.54) is 18.4 Å². The molecule has 0 spiro atoms. The van der Waals surface area contributed by atoms with Crippen LogP contribution in [0.4, 0.5) is 11.4 Å². The Kier molecular flexibility index (Phi) is 7.64. The lowest BCUT2D eigenvalue weighted by atomic mass is 10.1. The molecule has 3 aromatic rings. The fourth-order valence-electron chi connectivity index (χ4n) is 4.16. The van der Waals surface area contributed by atoms with Gasteiger partial charge in [-0.3, -0.25) is 9.59 Å². The van der Waals surface area contributed by atoms with Gasteiger partial charge in [-0.05, 0) is 42.7 Å². The number of thiophene rings is 1. The van der Waals surface area contributed by atoms with Crippen molar-refractivity contribution in [2.45, 2.75) is 32.2 Å². The first-order valence-electron chi connectivity index (χ1n) is 11.6. The normalized spacial score (nSPS) is 15.9. The lowest BCUT2D eigenvalue weighted by Gasteiger charge is -2.34. The van der Waals surface area contributed by atoms with Gasteiger partial charge in [0.2, 0.25) is 0 Å². The topological polar surface area (TPSA) is 110 Å². The van der Waals surface area contributed by atoms with E-state index in [1.54, 1.807) is 0 Å². The Bertz CT molecular complexity index is 1160. The number of benzene rings is 1. The Balaban J connectivity index is 1.32. The van der Waals surface area contributed by atoms with Gasteiger partial charge >= 0.3 is 5.97 Å². The minimum absolute atomic E-state index is 0.163. The first kappa shape index (κ1) is 24.0. The molecule has 1 atom stereocenters. The second-order valence-corrected chi connectivity index (χ2v) is 9.40. The minimum atomic E-state index is -0.316. The van der Waals surface area contributed by atoms with Crippen LogP contribution in [0.2, 0.25) is 0 Å². The number of hydrogen-bond donors (Lipinski definition) is 3. The molecule has 8 nitrogen and oxygen atoms in total. The number of aryl methyl sites for hydroxylation is 1. The third kappa shape index (κ3) is 5.31. The summed E-state index contributed by atoms with van der Waals surface area (Å²) >= 11 is 1.35. The predicted octanol–water partition coefficient (Wildman–Crippen LogP) is 2.75. The quantitative estimate of drug-likeness (QED) is 0.425. The van der Waals surface area contributed by atoms with E-state index in [0.29, 0.717) is 30.1 Å². The van der Waals surface area contributed by atoms with Crippen molar-refractivity contribution in [3.63, 3.8) is 0 Å². The van der Waals surface area contributed by atoms with Crippen molar-refractivity contribution < 1.29 is 14.3 Å². The molecule has 1 saturated heterocycles. The molecule has 0 radical (unpaired) electrons. The number of rotatable bonds is 8. The fourth-order valence-corrected chi connectivity index (χ4v) is 5.19. The second kappa shape index (κ2) is 10.8. The van der Waals surface area contributed by atoms with Crippen LogP contribution in [0, 0.1) is 0 Å². The highest BCUT2D eigenvalue weighted by Gasteiger charge is 2.26. The number of anilines is 2. The van der Waals surface area contributed by atoms with E-state index in [1.807, 2.05) is 12.1 Å². The summed E-state index contributed by atoms with van der Waals surface area (Å²) in [6.45, 7) is 4.76. The van der Waals surface area contributed by atoms with Crippen LogP contribution in [0.25, 0.3) is 10.2 Å². The highest BCUT2D eigenvalue weighted by atomic mass is 32.1. The maximum Gasteiger partial charge on any atom is 0.324 e. The van der Waals surface area contributed by atoms with Gasteiger partial charge in [0, 0.05) is 42.9 Å². The number of methoxy groups -OCH3 is 1. The summed E-state index contributed by atoms with van der Waals surface area (Å²) in [7, 11) is 1.41. The van der Waals surface area contributed by atoms with Crippen molar-refractivity contribution in [1.82, 2.24) is 15.6 Å². The number of hydrogen-bond acceptors (Lipinski definition) is 8. The number of aromatic nitrogens is 1. The van der Waals surface area contributed by atoms with Gasteiger partial charge in [-0.15, -0.1) is 11.3 Å². The fraction of sp³-hybridized carbons (Fsp3) is 0.400. The summed E-state index contributed by atoms with van der Waals surface area (Å²) in [5, 5.41) is 7.01. The standard InChI is InChI=1S/C25H31N5O3S/c1-3-4-17-7-10-19-21(26)22(34-24(19)29-17)23(31)28-12-11-16-5-8-18(9-6-16)30-14-13-27-20(15-30)25(32)33-2/h5-10,20,27H,3-4,11-15,26H2,1-2H3,(H,28,31). The van der Waals surface area contributed by atoms with Crippen molar-refractivity contribution in [2.24, 2.45) is 0 Å². The molecule has 1 unspecified atom stereocenters. The number of fused-ring (bicyclic) bond motifs is 1. The van der Waals surface area contributed by atoms with Gasteiger partial charge in [-0.1, -0.05) is 25.5 Å². The summed E-state index contributed by atoms with van der Waals surface area (Å²) < 4.78 is 4.85. The number of pyridine rings is 1. The molecular formula is C25H31N5O3S. The maximum absolute atomic E-state index is 12.7. The number of amides is 1. The molecule has 1 aliphatic rings. The molecule has 3 heterocycles. The number of carbonyl (C=O) groups excluding carboxylic acids is 2. The zero-order chi connectivity index (χ0) is 24.1. The molecule has 4 N–H and O–H groups in total. The molecule has 2 aromatic heterocycles. The average molecular weight is 482 g/mol.